The Balaban J connectivity index is 1.23. The van der Waals surface area contributed by atoms with E-state index in [1.165, 1.54) is 15.2 Å². The molecule has 0 atom stereocenters. The number of fused-ring (bicyclic) bond motifs is 9. The fourth-order valence-corrected chi connectivity index (χ4v) is 7.73. The van der Waals surface area contributed by atoms with E-state index in [1.807, 2.05) is 30.3 Å². The van der Waals surface area contributed by atoms with E-state index in [0.717, 1.165) is 15.7 Å². The molecule has 3 nitrogen and oxygen atoms in total. The minimum atomic E-state index is -0.793. The molecule has 12 rings (SSSR count). The average Bonchev–Trinajstić information content (AvgIpc) is 3.67. The number of aromatic nitrogens is 3. The van der Waals surface area contributed by atoms with Crippen molar-refractivity contribution in [3.05, 3.63) is 212 Å². The van der Waals surface area contributed by atoms with Crippen molar-refractivity contribution in [2.75, 3.05) is 0 Å². The summed E-state index contributed by atoms with van der Waals surface area (Å²) < 4.78 is 189. The summed E-state index contributed by atoms with van der Waals surface area (Å²) in [5.74, 6) is 0. The highest BCUT2D eigenvalue weighted by Crippen LogP contribution is 2.40. The van der Waals surface area contributed by atoms with Crippen LogP contribution < -0.4 is 0 Å². The molecule has 3 aromatic heterocycles. The minimum Gasteiger partial charge on any atom is -0.309 e. The summed E-state index contributed by atoms with van der Waals surface area (Å²) in [5.41, 5.74) is -0.293. The number of rotatable bonds is 5. The molecule has 0 aliphatic heterocycles. The van der Waals surface area contributed by atoms with Crippen molar-refractivity contribution in [2.24, 2.45) is 0 Å². The second-order valence-corrected chi connectivity index (χ2v) is 13.4. The Morgan fingerprint density at radius 1 is 0.263 bits per heavy atom. The fraction of sp³-hybridized carbons (Fsp3) is 0. The van der Waals surface area contributed by atoms with Gasteiger partial charge in [0.1, 0.15) is 0 Å². The summed E-state index contributed by atoms with van der Waals surface area (Å²) in [6, 6.07) is 13.2. The van der Waals surface area contributed by atoms with Gasteiger partial charge < -0.3 is 13.7 Å². The number of benzene rings is 9. The van der Waals surface area contributed by atoms with Crippen LogP contribution in [0.1, 0.15) is 27.4 Å². The van der Waals surface area contributed by atoms with Crippen LogP contribution in [0.3, 0.4) is 0 Å². The van der Waals surface area contributed by atoms with E-state index in [-0.39, 0.29) is 49.3 Å². The van der Waals surface area contributed by atoms with E-state index < -0.39 is 159 Å². The molecule has 0 radical (unpaired) electrons. The molecule has 266 valence electrons. The molecule has 9 aromatic carbocycles. The molecule has 0 saturated heterocycles. The molecular weight excluding hydrogens is 691 g/mol. The Morgan fingerprint density at radius 2 is 0.737 bits per heavy atom. The maximum Gasteiger partial charge on any atom is 0.0667 e. The zero-order valence-corrected chi connectivity index (χ0v) is 29.5. The first-order valence-electron chi connectivity index (χ1n) is 28.0. The first-order valence-corrected chi connectivity index (χ1v) is 18.0. The van der Waals surface area contributed by atoms with Gasteiger partial charge in [-0.3, -0.25) is 0 Å². The molecule has 0 unspecified atom stereocenters. The Morgan fingerprint density at radius 3 is 1.40 bits per heavy atom. The highest BCUT2D eigenvalue weighted by Gasteiger charge is 2.18. The Bertz CT molecular complexity index is 4660. The van der Waals surface area contributed by atoms with E-state index >= 15 is 0 Å². The molecule has 3 heterocycles. The van der Waals surface area contributed by atoms with Gasteiger partial charge in [-0.15, -0.1) is 0 Å². The van der Waals surface area contributed by atoms with E-state index in [0.29, 0.717) is 5.69 Å². The summed E-state index contributed by atoms with van der Waals surface area (Å²) in [4.78, 5) is 0. The summed E-state index contributed by atoms with van der Waals surface area (Å²) in [5, 5.41) is -1.36. The second-order valence-electron chi connectivity index (χ2n) is 13.4. The molecule has 0 fully saturated rings. The van der Waals surface area contributed by atoms with E-state index in [2.05, 4.69) is 0 Å². The number of hydrogen-bond donors (Lipinski definition) is 0. The van der Waals surface area contributed by atoms with Crippen molar-refractivity contribution >= 4 is 65.4 Å². The molecular formula is C54H35N3. The number of nitrogens with zero attached hydrogens (tertiary/aromatic N) is 3. The van der Waals surface area contributed by atoms with Crippen LogP contribution in [0.5, 0.6) is 0 Å². The molecule has 12 aromatic rings. The monoisotopic (exact) mass is 745 g/mol. The predicted octanol–water partition coefficient (Wildman–Crippen LogP) is 14.3. The topological polar surface area (TPSA) is 14.8 Å². The molecule has 0 amide bonds. The second kappa shape index (κ2) is 12.5. The molecule has 0 saturated carbocycles. The molecule has 0 aliphatic carbocycles. The van der Waals surface area contributed by atoms with Gasteiger partial charge >= 0.3 is 0 Å². The first kappa shape index (κ1) is 17.9. The standard InChI is InChI=1S/C54H35N3/c1-3-13-36(14-4-1)37-23-27-41(28-24-37)56-49-20-10-7-17-43(49)46-30-29-42(35-54(46)56)57-51-22-12-9-19-45(51)48-34-39(26-32-53(48)57)38-25-31-52-47(33-38)44-18-8-11-21-50(44)55(52)40-15-5-2-6-16-40/h1-35H/i7D,8D,9D,10D,11D,12D,17D,18D,19D,20D,21D,22D,25D,26D,29D,30D,32D,33D,34D,35D. The van der Waals surface area contributed by atoms with Gasteiger partial charge in [0.05, 0.1) is 60.5 Å². The van der Waals surface area contributed by atoms with Crippen LogP contribution in [0.4, 0.5) is 0 Å². The van der Waals surface area contributed by atoms with Crippen LogP contribution >= 0.6 is 0 Å². The molecule has 0 spiro atoms. The lowest BCUT2D eigenvalue weighted by Gasteiger charge is -2.12. The van der Waals surface area contributed by atoms with Gasteiger partial charge in [0, 0.05) is 49.4 Å². The van der Waals surface area contributed by atoms with Crippen molar-refractivity contribution in [1.82, 2.24) is 13.7 Å². The Hall–Kier alpha value is -7.62. The fourth-order valence-electron chi connectivity index (χ4n) is 7.73. The van der Waals surface area contributed by atoms with Crippen molar-refractivity contribution in [2.45, 2.75) is 0 Å². The third-order valence-corrected chi connectivity index (χ3v) is 10.3. The first-order chi connectivity index (χ1) is 36.6. The average molecular weight is 746 g/mol. The van der Waals surface area contributed by atoms with Crippen LogP contribution in [-0.2, 0) is 0 Å². The molecule has 0 N–H and O–H groups in total. The SMILES string of the molecule is [2H]c1cc2c(c([2H])c1-c1c([2H])c([2H])c3c(c1[2H])c1c([2H])c([2H])c([2H])c([2H])c1n3-c1c([2H])c([2H])c3c4c([2H])c([2H])c([2H])c([2H])c4n(-c4ccc(-c5ccccc5)cc4)c3c1[2H])c1c([2H])c([2H])c([2H])c([2H])c1n2-c1ccccc1. The molecule has 0 aliphatic rings. The van der Waals surface area contributed by atoms with Gasteiger partial charge in [-0.25, -0.2) is 0 Å². The smallest absolute Gasteiger partial charge is 0.0667 e. The van der Waals surface area contributed by atoms with E-state index in [4.69, 9.17) is 12.3 Å². The van der Waals surface area contributed by atoms with Gasteiger partial charge in [0.15, 0.2) is 0 Å². The van der Waals surface area contributed by atoms with Crippen LogP contribution in [0.15, 0.2) is 212 Å². The van der Waals surface area contributed by atoms with Crippen LogP contribution in [0.25, 0.3) is 105 Å². The zero-order valence-electron chi connectivity index (χ0n) is 49.5. The van der Waals surface area contributed by atoms with E-state index in [1.54, 1.807) is 54.6 Å². The lowest BCUT2D eigenvalue weighted by molar-refractivity contribution is 1.15. The Kier molecular flexibility index (Phi) is 3.91. The van der Waals surface area contributed by atoms with Crippen molar-refractivity contribution in [3.8, 4) is 39.3 Å². The van der Waals surface area contributed by atoms with Crippen LogP contribution in [0.2, 0.25) is 0 Å². The highest BCUT2D eigenvalue weighted by molar-refractivity contribution is 6.14. The molecule has 3 heteroatoms. The maximum absolute atomic E-state index is 10.1. The van der Waals surface area contributed by atoms with Crippen molar-refractivity contribution in [1.29, 1.82) is 0 Å². The van der Waals surface area contributed by atoms with Gasteiger partial charge in [0.25, 0.3) is 0 Å². The van der Waals surface area contributed by atoms with Crippen molar-refractivity contribution < 1.29 is 27.4 Å². The molecule has 57 heavy (non-hydrogen) atoms. The third kappa shape index (κ3) is 4.86. The maximum atomic E-state index is 10.1. The summed E-state index contributed by atoms with van der Waals surface area (Å²) in [6.45, 7) is 0. The van der Waals surface area contributed by atoms with Crippen LogP contribution in [0, 0.1) is 0 Å². The van der Waals surface area contributed by atoms with Gasteiger partial charge in [-0.1, -0.05) is 133 Å². The third-order valence-electron chi connectivity index (χ3n) is 10.3. The molecule has 0 bridgehead atoms. The van der Waals surface area contributed by atoms with Gasteiger partial charge in [-0.2, -0.15) is 0 Å². The summed E-state index contributed by atoms with van der Waals surface area (Å²) in [7, 11) is 0. The highest BCUT2D eigenvalue weighted by atomic mass is 15.0. The van der Waals surface area contributed by atoms with E-state index in [9.17, 15) is 15.1 Å². The quantitative estimate of drug-likeness (QED) is 0.167. The Labute approximate surface area is 357 Å². The zero-order chi connectivity index (χ0) is 54.9. The number of hydrogen-bond acceptors (Lipinski definition) is 0. The van der Waals surface area contributed by atoms with Gasteiger partial charge in [-0.05, 0) is 101 Å². The number of para-hydroxylation sites is 4. The normalized spacial score (nSPS) is 16.8. The lowest BCUT2D eigenvalue weighted by Crippen LogP contribution is -1.97. The largest absolute Gasteiger partial charge is 0.309 e. The van der Waals surface area contributed by atoms with Crippen molar-refractivity contribution in [3.63, 3.8) is 0 Å². The summed E-state index contributed by atoms with van der Waals surface area (Å²) >= 11 is 0. The van der Waals surface area contributed by atoms with Crippen LogP contribution in [-0.4, -0.2) is 13.7 Å². The minimum absolute atomic E-state index is 0.0142. The summed E-state index contributed by atoms with van der Waals surface area (Å²) in [6.07, 6.45) is 0. The lowest BCUT2D eigenvalue weighted by atomic mass is 10.0. The predicted molar refractivity (Wildman–Crippen MR) is 240 cm³/mol. The van der Waals surface area contributed by atoms with Gasteiger partial charge in [0.2, 0.25) is 0 Å².